The van der Waals surface area contributed by atoms with Crippen molar-refractivity contribution in [2.24, 2.45) is 0 Å². The van der Waals surface area contributed by atoms with Crippen LogP contribution < -0.4 is 0 Å². The maximum Gasteiger partial charge on any atom is 0.341 e. The van der Waals surface area contributed by atoms with Crippen molar-refractivity contribution in [3.05, 3.63) is 0 Å². The first-order chi connectivity index (χ1) is 4.22. The van der Waals surface area contributed by atoms with Gasteiger partial charge in [-0.15, -0.1) is 0 Å². The minimum absolute atomic E-state index is 0.219. The lowest BCUT2D eigenvalue weighted by Crippen LogP contribution is -1.95. The van der Waals surface area contributed by atoms with E-state index in [4.69, 9.17) is 5.26 Å². The molecule has 0 atom stereocenters. The fourth-order valence-corrected chi connectivity index (χ4v) is 0.0645. The summed E-state index contributed by atoms with van der Waals surface area (Å²) in [6, 6.07) is 0. The normalized spacial score (nSPS) is 7.11. The van der Waals surface area contributed by atoms with Gasteiger partial charge >= 0.3 is 5.97 Å². The van der Waals surface area contributed by atoms with Gasteiger partial charge in [0.1, 0.15) is 0 Å². The molecule has 0 aliphatic rings. The lowest BCUT2D eigenvalue weighted by atomic mass is 10.5. The Morgan fingerprint density at radius 1 is 1.56 bits per heavy atom. The highest BCUT2D eigenvalue weighted by atomic mass is 17.1. The summed E-state index contributed by atoms with van der Waals surface area (Å²) >= 11 is 0. The molecule has 0 aliphatic carbocycles. The largest absolute Gasteiger partial charge is 0.388 e. The van der Waals surface area contributed by atoms with Gasteiger partial charge in [0.05, 0.1) is 0 Å². The monoisotopic (exact) mass is 136 g/mol. The highest BCUT2D eigenvalue weighted by Crippen LogP contribution is 1.75. The maximum atomic E-state index is 9.71. The summed E-state index contributed by atoms with van der Waals surface area (Å²) in [6.07, 6.45) is 0.219. The molecule has 0 aromatic carbocycles. The Morgan fingerprint density at radius 2 is 1.89 bits per heavy atom. The number of carbonyl (C=O) groups excluding carboxylic acids is 1. The zero-order chi connectivity index (χ0) is 7.70. The van der Waals surface area contributed by atoms with Crippen LogP contribution in [0.3, 0.4) is 0 Å². The second-order valence-corrected chi connectivity index (χ2v) is 1.23. The molecule has 0 aromatic rings. The van der Waals surface area contributed by atoms with Crippen LogP contribution in [0.2, 0.25) is 0 Å². The zero-order valence-electron chi connectivity index (χ0n) is 5.88. The Bertz CT molecular complexity index is 56.0. The number of rotatable bonds is 1. The maximum absolute atomic E-state index is 9.71. The van der Waals surface area contributed by atoms with Crippen molar-refractivity contribution in [3.8, 4) is 0 Å². The molecule has 0 spiro atoms. The third-order valence-electron chi connectivity index (χ3n) is 0.390. The molecule has 0 aliphatic heterocycles. The molecule has 0 aromatic heterocycles. The smallest absolute Gasteiger partial charge is 0.341 e. The van der Waals surface area contributed by atoms with E-state index in [2.05, 4.69) is 9.62 Å². The molecule has 0 saturated heterocycles. The van der Waals surface area contributed by atoms with Crippen molar-refractivity contribution >= 4 is 5.97 Å². The van der Waals surface area contributed by atoms with E-state index >= 15 is 0 Å². The Kier molecular flexibility index (Phi) is 13.0. The second kappa shape index (κ2) is 10.4. The van der Waals surface area contributed by atoms with Gasteiger partial charge in [-0.1, -0.05) is 6.92 Å². The second-order valence-electron chi connectivity index (χ2n) is 1.23. The van der Waals surface area contributed by atoms with Crippen molar-refractivity contribution < 1.29 is 19.7 Å². The minimum Gasteiger partial charge on any atom is -0.388 e. The Hall–Kier alpha value is -0.610. The fourth-order valence-electron chi connectivity index (χ4n) is 0.0645. The van der Waals surface area contributed by atoms with Gasteiger partial charge in [0.2, 0.25) is 0 Å². The third-order valence-corrected chi connectivity index (χ3v) is 0.390. The van der Waals surface area contributed by atoms with Crippen LogP contribution in [-0.2, 0) is 14.4 Å². The molecule has 4 heteroatoms. The van der Waals surface area contributed by atoms with Gasteiger partial charge < -0.3 is 9.62 Å². The molecule has 1 N–H and O–H groups in total. The molecule has 0 radical (unpaired) electrons. The van der Waals surface area contributed by atoms with Crippen LogP contribution in [0.4, 0.5) is 0 Å². The fraction of sp³-hybridized carbons (Fsp3) is 0.800. The standard InChI is InChI=1S/C3H6O3.C2H6O/c1-2-3(4)6-5;1-3-2/h5H,2H2,1H3;1-2H3. The number of carbonyl (C=O) groups is 1. The van der Waals surface area contributed by atoms with Crippen LogP contribution in [0.15, 0.2) is 0 Å². The van der Waals surface area contributed by atoms with E-state index in [0.29, 0.717) is 0 Å². The molecule has 0 rings (SSSR count). The van der Waals surface area contributed by atoms with E-state index in [0.717, 1.165) is 0 Å². The molecule has 0 amide bonds. The van der Waals surface area contributed by atoms with Gasteiger partial charge in [-0.05, 0) is 0 Å². The van der Waals surface area contributed by atoms with Gasteiger partial charge in [0.15, 0.2) is 0 Å². The van der Waals surface area contributed by atoms with Gasteiger partial charge in [-0.3, -0.25) is 0 Å². The van der Waals surface area contributed by atoms with E-state index < -0.39 is 5.97 Å². The number of ether oxygens (including phenoxy) is 1. The summed E-state index contributed by atoms with van der Waals surface area (Å²) < 4.78 is 4.25. The number of methoxy groups -OCH3 is 1. The van der Waals surface area contributed by atoms with Crippen molar-refractivity contribution in [3.63, 3.8) is 0 Å². The molecule has 56 valence electrons. The predicted molar refractivity (Wildman–Crippen MR) is 31.9 cm³/mol. The average molecular weight is 136 g/mol. The van der Waals surface area contributed by atoms with Crippen LogP contribution in [0.1, 0.15) is 13.3 Å². The van der Waals surface area contributed by atoms with E-state index in [1.54, 1.807) is 21.1 Å². The lowest BCUT2D eigenvalue weighted by Gasteiger charge is -1.83. The molecular formula is C5H12O4. The van der Waals surface area contributed by atoms with Crippen LogP contribution in [0.25, 0.3) is 0 Å². The lowest BCUT2D eigenvalue weighted by molar-refractivity contribution is -0.233. The highest BCUT2D eigenvalue weighted by molar-refractivity contribution is 5.67. The molecule has 0 unspecified atom stereocenters. The number of hydrogen-bond donors (Lipinski definition) is 1. The molecule has 0 bridgehead atoms. The number of hydrogen-bond acceptors (Lipinski definition) is 4. The van der Waals surface area contributed by atoms with Crippen molar-refractivity contribution in [1.29, 1.82) is 0 Å². The van der Waals surface area contributed by atoms with Gasteiger partial charge in [0, 0.05) is 20.6 Å². The molecule has 0 heterocycles. The molecule has 4 nitrogen and oxygen atoms in total. The first-order valence-corrected chi connectivity index (χ1v) is 2.47. The summed E-state index contributed by atoms with van der Waals surface area (Å²) in [5.74, 6) is -0.602. The van der Waals surface area contributed by atoms with Crippen molar-refractivity contribution in [2.75, 3.05) is 14.2 Å². The highest BCUT2D eigenvalue weighted by Gasteiger charge is 1.90. The topological polar surface area (TPSA) is 55.8 Å². The Labute approximate surface area is 54.3 Å². The van der Waals surface area contributed by atoms with Gasteiger partial charge in [-0.25, -0.2) is 4.79 Å². The first-order valence-electron chi connectivity index (χ1n) is 2.47. The quantitative estimate of drug-likeness (QED) is 0.425. The summed E-state index contributed by atoms with van der Waals surface area (Å²) in [6.45, 7) is 1.60. The minimum atomic E-state index is -0.602. The van der Waals surface area contributed by atoms with Gasteiger partial charge in [-0.2, -0.15) is 5.26 Å². The average Bonchev–Trinajstić information content (AvgIpc) is 1.88. The van der Waals surface area contributed by atoms with Crippen molar-refractivity contribution in [2.45, 2.75) is 13.3 Å². The summed E-state index contributed by atoms with van der Waals surface area (Å²) in [7, 11) is 3.25. The van der Waals surface area contributed by atoms with Gasteiger partial charge in [0.25, 0.3) is 0 Å². The van der Waals surface area contributed by atoms with Crippen LogP contribution in [0.5, 0.6) is 0 Å². The van der Waals surface area contributed by atoms with Crippen LogP contribution in [-0.4, -0.2) is 25.4 Å². The SMILES string of the molecule is CCC(=O)OO.COC. The molecule has 9 heavy (non-hydrogen) atoms. The van der Waals surface area contributed by atoms with E-state index in [-0.39, 0.29) is 6.42 Å². The van der Waals surface area contributed by atoms with Crippen LogP contribution in [0, 0.1) is 0 Å². The first kappa shape index (κ1) is 11.2. The Balaban J connectivity index is 0. The summed E-state index contributed by atoms with van der Waals surface area (Å²) in [4.78, 5) is 13.0. The van der Waals surface area contributed by atoms with Crippen molar-refractivity contribution in [1.82, 2.24) is 0 Å². The predicted octanol–water partition coefficient (Wildman–Crippen LogP) is 0.675. The third kappa shape index (κ3) is 18.7. The summed E-state index contributed by atoms with van der Waals surface area (Å²) in [5.41, 5.74) is 0. The molecule has 0 saturated carbocycles. The van der Waals surface area contributed by atoms with E-state index in [1.165, 1.54) is 0 Å². The Morgan fingerprint density at radius 3 is 1.89 bits per heavy atom. The van der Waals surface area contributed by atoms with Crippen LogP contribution >= 0.6 is 0 Å². The zero-order valence-corrected chi connectivity index (χ0v) is 5.88. The van der Waals surface area contributed by atoms with E-state index in [9.17, 15) is 4.79 Å². The van der Waals surface area contributed by atoms with E-state index in [1.807, 2.05) is 0 Å². The molecular weight excluding hydrogens is 124 g/mol. The summed E-state index contributed by atoms with van der Waals surface area (Å²) in [5, 5.41) is 7.49. The molecule has 0 fully saturated rings.